The molecule has 0 saturated carbocycles. The Kier molecular flexibility index (Phi) is 3.62. The van der Waals surface area contributed by atoms with E-state index in [2.05, 4.69) is 5.32 Å². The molecule has 5 heteroatoms. The molecular formula is C16H12Cl2N2O. The Morgan fingerprint density at radius 2 is 1.71 bits per heavy atom. The van der Waals surface area contributed by atoms with Crippen LogP contribution in [-0.4, -0.2) is 10.5 Å². The number of aromatic nitrogens is 1. The van der Waals surface area contributed by atoms with E-state index in [1.165, 1.54) is 0 Å². The van der Waals surface area contributed by atoms with Crippen LogP contribution in [0.2, 0.25) is 10.0 Å². The number of halogens is 2. The average Bonchev–Trinajstić information content (AvgIpc) is 2.74. The van der Waals surface area contributed by atoms with E-state index < -0.39 is 0 Å². The number of nitrogens with zero attached hydrogens (tertiary/aromatic N) is 1. The first kappa shape index (κ1) is 14.0. The van der Waals surface area contributed by atoms with Gasteiger partial charge in [0, 0.05) is 18.0 Å². The van der Waals surface area contributed by atoms with Crippen molar-refractivity contribution >= 4 is 45.7 Å². The van der Waals surface area contributed by atoms with Gasteiger partial charge >= 0.3 is 0 Å². The molecule has 1 N–H and O–H groups in total. The second kappa shape index (κ2) is 5.43. The molecule has 106 valence electrons. The predicted octanol–water partition coefficient (Wildman–Crippen LogP) is 4.74. The Labute approximate surface area is 132 Å². The van der Waals surface area contributed by atoms with Gasteiger partial charge in [0.2, 0.25) is 0 Å². The summed E-state index contributed by atoms with van der Waals surface area (Å²) in [5, 5.41) is 4.57. The summed E-state index contributed by atoms with van der Waals surface area (Å²) in [6.45, 7) is 0. The van der Waals surface area contributed by atoms with Crippen molar-refractivity contribution in [2.24, 2.45) is 7.05 Å². The summed E-state index contributed by atoms with van der Waals surface area (Å²) in [6.07, 6.45) is 0. The molecule has 0 saturated heterocycles. The zero-order valence-corrected chi connectivity index (χ0v) is 12.7. The van der Waals surface area contributed by atoms with Crippen LogP contribution >= 0.6 is 23.2 Å². The number of amides is 1. The van der Waals surface area contributed by atoms with Gasteiger partial charge in [0.25, 0.3) is 5.91 Å². The van der Waals surface area contributed by atoms with Crippen molar-refractivity contribution in [3.05, 3.63) is 64.3 Å². The number of carbonyl (C=O) groups is 1. The largest absolute Gasteiger partial charge is 0.338 e. The Morgan fingerprint density at radius 3 is 2.43 bits per heavy atom. The van der Waals surface area contributed by atoms with Crippen LogP contribution in [0.4, 0.5) is 5.69 Å². The minimum Gasteiger partial charge on any atom is -0.338 e. The van der Waals surface area contributed by atoms with Crippen LogP contribution in [0.3, 0.4) is 0 Å². The third-order valence-electron chi connectivity index (χ3n) is 3.38. The highest BCUT2D eigenvalue weighted by molar-refractivity contribution is 6.39. The highest BCUT2D eigenvalue weighted by atomic mass is 35.5. The number of hydrogen-bond donors (Lipinski definition) is 1. The quantitative estimate of drug-likeness (QED) is 0.727. The van der Waals surface area contributed by atoms with Crippen molar-refractivity contribution in [3.8, 4) is 0 Å². The van der Waals surface area contributed by atoms with E-state index >= 15 is 0 Å². The van der Waals surface area contributed by atoms with Crippen LogP contribution in [0.25, 0.3) is 10.9 Å². The lowest BCUT2D eigenvalue weighted by Gasteiger charge is -2.08. The van der Waals surface area contributed by atoms with Gasteiger partial charge in [-0.15, -0.1) is 0 Å². The molecule has 0 unspecified atom stereocenters. The van der Waals surface area contributed by atoms with E-state index in [9.17, 15) is 4.79 Å². The number of benzene rings is 2. The maximum absolute atomic E-state index is 12.5. The van der Waals surface area contributed by atoms with Crippen molar-refractivity contribution in [2.45, 2.75) is 0 Å². The van der Waals surface area contributed by atoms with E-state index in [1.807, 2.05) is 43.4 Å². The van der Waals surface area contributed by atoms with Gasteiger partial charge in [0.15, 0.2) is 0 Å². The number of hydrogen-bond acceptors (Lipinski definition) is 1. The van der Waals surface area contributed by atoms with E-state index in [4.69, 9.17) is 23.2 Å². The SMILES string of the molecule is Cn1c(C(=O)Nc2ccccc2Cl)c(Cl)c2ccccc21. The van der Waals surface area contributed by atoms with Gasteiger partial charge in [-0.25, -0.2) is 0 Å². The Hall–Kier alpha value is -1.97. The number of carbonyl (C=O) groups excluding carboxylic acids is 1. The first-order valence-corrected chi connectivity index (χ1v) is 7.14. The standard InChI is InChI=1S/C16H12Cl2N2O/c1-20-13-9-5-2-6-10(13)14(18)15(20)16(21)19-12-8-4-3-7-11(12)17/h2-9H,1H3,(H,19,21). The van der Waals surface area contributed by atoms with Crippen LogP contribution in [-0.2, 0) is 7.05 Å². The van der Waals surface area contributed by atoms with Gasteiger partial charge in [0.05, 0.1) is 15.7 Å². The maximum Gasteiger partial charge on any atom is 0.273 e. The van der Waals surface area contributed by atoms with Crippen LogP contribution in [0.5, 0.6) is 0 Å². The lowest BCUT2D eigenvalue weighted by molar-refractivity contribution is 0.102. The molecule has 1 amide bonds. The van der Waals surface area contributed by atoms with Crippen molar-refractivity contribution in [1.82, 2.24) is 4.57 Å². The third-order valence-corrected chi connectivity index (χ3v) is 4.09. The summed E-state index contributed by atoms with van der Waals surface area (Å²) >= 11 is 12.4. The normalized spacial score (nSPS) is 10.8. The van der Waals surface area contributed by atoms with Crippen molar-refractivity contribution < 1.29 is 4.79 Å². The van der Waals surface area contributed by atoms with Crippen LogP contribution < -0.4 is 5.32 Å². The molecule has 2 aromatic carbocycles. The van der Waals surface area contributed by atoms with E-state index in [1.54, 1.807) is 16.7 Å². The van der Waals surface area contributed by atoms with Gasteiger partial charge in [-0.1, -0.05) is 53.5 Å². The minimum absolute atomic E-state index is 0.285. The summed E-state index contributed by atoms with van der Waals surface area (Å²) in [4.78, 5) is 12.5. The topological polar surface area (TPSA) is 34.0 Å². The number of para-hydroxylation sites is 2. The fourth-order valence-electron chi connectivity index (χ4n) is 2.34. The highest BCUT2D eigenvalue weighted by Gasteiger charge is 2.20. The fraction of sp³-hybridized carbons (Fsp3) is 0.0625. The molecule has 0 radical (unpaired) electrons. The fourth-order valence-corrected chi connectivity index (χ4v) is 2.90. The van der Waals surface area contributed by atoms with Crippen molar-refractivity contribution in [2.75, 3.05) is 5.32 Å². The van der Waals surface area contributed by atoms with Gasteiger partial charge in [0.1, 0.15) is 5.69 Å². The summed E-state index contributed by atoms with van der Waals surface area (Å²) in [7, 11) is 1.82. The molecule has 0 aliphatic rings. The predicted molar refractivity (Wildman–Crippen MR) is 87.3 cm³/mol. The van der Waals surface area contributed by atoms with Crippen molar-refractivity contribution in [3.63, 3.8) is 0 Å². The summed E-state index contributed by atoms with van der Waals surface area (Å²) in [5.74, 6) is -0.285. The van der Waals surface area contributed by atoms with Gasteiger partial charge in [-0.05, 0) is 18.2 Å². The second-order valence-electron chi connectivity index (χ2n) is 4.67. The molecule has 3 rings (SSSR count). The molecule has 0 spiro atoms. The Bertz CT molecular complexity index is 800. The molecule has 3 nitrogen and oxygen atoms in total. The van der Waals surface area contributed by atoms with E-state index in [0.717, 1.165) is 10.9 Å². The first-order chi connectivity index (χ1) is 10.1. The summed E-state index contributed by atoms with van der Waals surface area (Å²) in [5.41, 5.74) is 1.88. The third kappa shape index (κ3) is 2.39. The van der Waals surface area contributed by atoms with Gasteiger partial charge < -0.3 is 9.88 Å². The highest BCUT2D eigenvalue weighted by Crippen LogP contribution is 2.31. The van der Waals surface area contributed by atoms with Crippen LogP contribution in [0, 0.1) is 0 Å². The molecule has 0 atom stereocenters. The number of anilines is 1. The minimum atomic E-state index is -0.285. The van der Waals surface area contributed by atoms with Crippen LogP contribution in [0.15, 0.2) is 48.5 Å². The number of fused-ring (bicyclic) bond motifs is 1. The lowest BCUT2D eigenvalue weighted by Crippen LogP contribution is -2.16. The summed E-state index contributed by atoms with van der Waals surface area (Å²) < 4.78 is 1.78. The molecule has 1 heterocycles. The maximum atomic E-state index is 12.5. The molecule has 0 aliphatic carbocycles. The zero-order valence-electron chi connectivity index (χ0n) is 11.2. The molecule has 0 aliphatic heterocycles. The molecule has 0 fully saturated rings. The Morgan fingerprint density at radius 1 is 1.05 bits per heavy atom. The molecule has 3 aromatic rings. The molecule has 0 bridgehead atoms. The van der Waals surface area contributed by atoms with Crippen LogP contribution in [0.1, 0.15) is 10.5 Å². The second-order valence-corrected chi connectivity index (χ2v) is 5.46. The van der Waals surface area contributed by atoms with E-state index in [-0.39, 0.29) is 5.91 Å². The van der Waals surface area contributed by atoms with E-state index in [0.29, 0.717) is 21.4 Å². The molecule has 1 aromatic heterocycles. The smallest absolute Gasteiger partial charge is 0.273 e. The Balaban J connectivity index is 2.05. The number of aryl methyl sites for hydroxylation is 1. The van der Waals surface area contributed by atoms with Gasteiger partial charge in [-0.2, -0.15) is 0 Å². The van der Waals surface area contributed by atoms with Crippen molar-refractivity contribution in [1.29, 1.82) is 0 Å². The average molecular weight is 319 g/mol. The zero-order chi connectivity index (χ0) is 15.0. The molecule has 21 heavy (non-hydrogen) atoms. The monoisotopic (exact) mass is 318 g/mol. The lowest BCUT2D eigenvalue weighted by atomic mass is 10.2. The molecular weight excluding hydrogens is 307 g/mol. The van der Waals surface area contributed by atoms with Gasteiger partial charge in [-0.3, -0.25) is 4.79 Å². The first-order valence-electron chi connectivity index (χ1n) is 6.38. The number of rotatable bonds is 2. The summed E-state index contributed by atoms with van der Waals surface area (Å²) in [6, 6.07) is 14.7. The number of nitrogens with one attached hydrogen (secondary N) is 1.